The second kappa shape index (κ2) is 8.68. The van der Waals surface area contributed by atoms with Gasteiger partial charge in [0.15, 0.2) is 11.6 Å². The Morgan fingerprint density at radius 1 is 1.03 bits per heavy atom. The second-order valence-electron chi connectivity index (χ2n) is 7.28. The number of benzene rings is 2. The summed E-state index contributed by atoms with van der Waals surface area (Å²) in [6, 6.07) is 19.8. The fourth-order valence-corrected chi connectivity index (χ4v) is 3.53. The largest absolute Gasteiger partial charge is 0.454 e. The highest BCUT2D eigenvalue weighted by Crippen LogP contribution is 2.32. The van der Waals surface area contributed by atoms with E-state index in [0.29, 0.717) is 28.8 Å². The van der Waals surface area contributed by atoms with Crippen molar-refractivity contribution >= 4 is 34.6 Å². The average Bonchev–Trinajstić information content (AvgIpc) is 3.44. The highest BCUT2D eigenvalue weighted by Gasteiger charge is 2.31. The molecule has 2 aromatic carbocycles. The first-order valence-corrected chi connectivity index (χ1v) is 10.4. The van der Waals surface area contributed by atoms with Crippen LogP contribution in [0.15, 0.2) is 88.6 Å². The summed E-state index contributed by atoms with van der Waals surface area (Å²) in [5.74, 6) is 0.537. The van der Waals surface area contributed by atoms with Gasteiger partial charge in [-0.25, -0.2) is 9.67 Å². The Hall–Kier alpha value is -4.11. The third-order valence-electron chi connectivity index (χ3n) is 4.96. The van der Waals surface area contributed by atoms with Gasteiger partial charge in [-0.15, -0.1) is 0 Å². The van der Waals surface area contributed by atoms with Crippen molar-refractivity contribution in [1.29, 1.82) is 0 Å². The minimum Gasteiger partial charge on any atom is -0.454 e. The molecule has 0 bridgehead atoms. The van der Waals surface area contributed by atoms with Crippen LogP contribution in [0.4, 0.5) is 19.0 Å². The zero-order valence-electron chi connectivity index (χ0n) is 17.3. The monoisotopic (exact) mass is 481 g/mol. The molecule has 0 saturated heterocycles. The quantitative estimate of drug-likeness (QED) is 0.221. The van der Waals surface area contributed by atoms with Crippen molar-refractivity contribution < 1.29 is 17.6 Å². The number of hydrogen-bond acceptors (Lipinski definition) is 5. The van der Waals surface area contributed by atoms with Gasteiger partial charge in [0.1, 0.15) is 11.3 Å². The van der Waals surface area contributed by atoms with E-state index in [1.165, 1.54) is 6.21 Å². The van der Waals surface area contributed by atoms with Crippen molar-refractivity contribution in [3.63, 3.8) is 0 Å². The van der Waals surface area contributed by atoms with Gasteiger partial charge in [-0.1, -0.05) is 48.0 Å². The maximum atomic E-state index is 12.8. The van der Waals surface area contributed by atoms with E-state index < -0.39 is 11.7 Å². The number of hydrogen-bond donors (Lipinski definition) is 1. The topological polar surface area (TPSA) is 68.2 Å². The van der Waals surface area contributed by atoms with E-state index in [9.17, 15) is 13.2 Å². The standard InChI is InChI=1S/C24H15ClF3N5O/c25-19-11-17(24(26,27)28)13-29-23(19)31-30-12-16-14-33(18-7-2-1-3-8-18)32-22(16)21-10-15-6-4-5-9-20(15)34-21/h1-14H,(H,29,31)/b30-12+. The summed E-state index contributed by atoms with van der Waals surface area (Å²) in [6.45, 7) is 0. The maximum Gasteiger partial charge on any atom is 0.417 e. The van der Waals surface area contributed by atoms with Crippen LogP contribution in [0.3, 0.4) is 0 Å². The van der Waals surface area contributed by atoms with Gasteiger partial charge in [0, 0.05) is 23.3 Å². The number of halogens is 4. The fourth-order valence-electron chi connectivity index (χ4n) is 3.32. The number of alkyl halides is 3. The molecule has 10 heteroatoms. The lowest BCUT2D eigenvalue weighted by molar-refractivity contribution is -0.137. The number of hydrazone groups is 1. The van der Waals surface area contributed by atoms with Crippen LogP contribution in [0, 0.1) is 0 Å². The van der Waals surface area contributed by atoms with Crippen molar-refractivity contribution in [2.24, 2.45) is 5.10 Å². The third-order valence-corrected chi connectivity index (χ3v) is 5.25. The van der Waals surface area contributed by atoms with Crippen LogP contribution in [-0.4, -0.2) is 21.0 Å². The number of fused-ring (bicyclic) bond motifs is 1. The Morgan fingerprint density at radius 3 is 2.53 bits per heavy atom. The fraction of sp³-hybridized carbons (Fsp3) is 0.0417. The number of aromatic nitrogens is 3. The van der Waals surface area contributed by atoms with E-state index in [0.717, 1.165) is 17.1 Å². The first-order chi connectivity index (χ1) is 16.4. The van der Waals surface area contributed by atoms with E-state index in [1.54, 1.807) is 10.9 Å². The van der Waals surface area contributed by atoms with E-state index >= 15 is 0 Å². The van der Waals surface area contributed by atoms with Gasteiger partial charge >= 0.3 is 6.18 Å². The molecule has 170 valence electrons. The lowest BCUT2D eigenvalue weighted by Gasteiger charge is -2.08. The molecule has 5 rings (SSSR count). The summed E-state index contributed by atoms with van der Waals surface area (Å²) in [6.07, 6.45) is -0.599. The van der Waals surface area contributed by atoms with E-state index in [4.69, 9.17) is 16.0 Å². The van der Waals surface area contributed by atoms with Crippen molar-refractivity contribution in [1.82, 2.24) is 14.8 Å². The van der Waals surface area contributed by atoms with Gasteiger partial charge in [-0.3, -0.25) is 5.43 Å². The minimum absolute atomic E-state index is 0.00773. The summed E-state index contributed by atoms with van der Waals surface area (Å²) in [5.41, 5.74) is 4.34. The van der Waals surface area contributed by atoms with Crippen molar-refractivity contribution in [3.05, 3.63) is 95.3 Å². The highest BCUT2D eigenvalue weighted by molar-refractivity contribution is 6.33. The zero-order chi connectivity index (χ0) is 23.7. The Morgan fingerprint density at radius 2 is 1.79 bits per heavy atom. The molecule has 34 heavy (non-hydrogen) atoms. The summed E-state index contributed by atoms with van der Waals surface area (Å²) in [7, 11) is 0. The van der Waals surface area contributed by atoms with Crippen LogP contribution in [0.25, 0.3) is 28.1 Å². The molecule has 1 N–H and O–H groups in total. The molecule has 0 saturated carbocycles. The SMILES string of the molecule is FC(F)(F)c1cnc(N/N=C/c2cn(-c3ccccc3)nc2-c2cc3ccccc3o2)c(Cl)c1. The number of furan rings is 1. The predicted molar refractivity (Wildman–Crippen MR) is 124 cm³/mol. The number of para-hydroxylation sites is 2. The first-order valence-electron chi connectivity index (χ1n) is 10.0. The van der Waals surface area contributed by atoms with Crippen LogP contribution < -0.4 is 5.43 Å². The zero-order valence-corrected chi connectivity index (χ0v) is 18.0. The number of pyridine rings is 1. The molecule has 0 aliphatic rings. The van der Waals surface area contributed by atoms with Crippen LogP contribution in [0.5, 0.6) is 0 Å². The van der Waals surface area contributed by atoms with E-state index in [2.05, 4.69) is 20.6 Å². The van der Waals surface area contributed by atoms with Crippen LogP contribution in [-0.2, 0) is 6.18 Å². The molecule has 5 aromatic rings. The second-order valence-corrected chi connectivity index (χ2v) is 7.69. The van der Waals surface area contributed by atoms with Crippen molar-refractivity contribution in [3.8, 4) is 17.1 Å². The summed E-state index contributed by atoms with van der Waals surface area (Å²) >= 11 is 5.94. The van der Waals surface area contributed by atoms with Gasteiger partial charge in [0.05, 0.1) is 22.5 Å². The van der Waals surface area contributed by atoms with Crippen LogP contribution in [0.2, 0.25) is 5.02 Å². The van der Waals surface area contributed by atoms with Gasteiger partial charge in [0.2, 0.25) is 0 Å². The van der Waals surface area contributed by atoms with Crippen molar-refractivity contribution in [2.75, 3.05) is 5.43 Å². The molecule has 0 aliphatic carbocycles. The third kappa shape index (κ3) is 4.38. The molecule has 3 heterocycles. The van der Waals surface area contributed by atoms with Crippen LogP contribution >= 0.6 is 11.6 Å². The summed E-state index contributed by atoms with van der Waals surface area (Å²) in [4.78, 5) is 3.72. The molecule has 0 atom stereocenters. The molecule has 6 nitrogen and oxygen atoms in total. The maximum absolute atomic E-state index is 12.8. The summed E-state index contributed by atoms with van der Waals surface area (Å²) < 4.78 is 46.2. The number of nitrogens with one attached hydrogen (secondary N) is 1. The average molecular weight is 482 g/mol. The first kappa shape index (κ1) is 21.7. The van der Waals surface area contributed by atoms with Gasteiger partial charge in [-0.05, 0) is 30.3 Å². The normalized spacial score (nSPS) is 12.0. The Kier molecular flexibility index (Phi) is 5.54. The van der Waals surface area contributed by atoms with E-state index in [1.807, 2.05) is 60.7 Å². The molecule has 0 aliphatic heterocycles. The molecule has 0 fully saturated rings. The van der Waals surface area contributed by atoms with Gasteiger partial charge in [-0.2, -0.15) is 23.4 Å². The highest BCUT2D eigenvalue weighted by atomic mass is 35.5. The Labute approximate surface area is 196 Å². The molecular weight excluding hydrogens is 467 g/mol. The number of nitrogens with zero attached hydrogens (tertiary/aromatic N) is 4. The van der Waals surface area contributed by atoms with Crippen molar-refractivity contribution in [2.45, 2.75) is 6.18 Å². The van der Waals surface area contributed by atoms with Crippen LogP contribution in [0.1, 0.15) is 11.1 Å². The molecule has 0 amide bonds. The lowest BCUT2D eigenvalue weighted by atomic mass is 10.2. The molecule has 0 radical (unpaired) electrons. The molecule has 3 aromatic heterocycles. The Balaban J connectivity index is 1.49. The van der Waals surface area contributed by atoms with E-state index in [-0.39, 0.29) is 10.8 Å². The molecular formula is C24H15ClF3N5O. The Bertz CT molecular complexity index is 1460. The molecule has 0 spiro atoms. The number of anilines is 1. The minimum atomic E-state index is -4.54. The van der Waals surface area contributed by atoms with Gasteiger partial charge in [0.25, 0.3) is 0 Å². The summed E-state index contributed by atoms with van der Waals surface area (Å²) in [5, 5.41) is 9.50. The lowest BCUT2D eigenvalue weighted by Crippen LogP contribution is -2.06. The number of rotatable bonds is 5. The molecule has 0 unspecified atom stereocenters. The smallest absolute Gasteiger partial charge is 0.417 e. The predicted octanol–water partition coefficient (Wildman–Crippen LogP) is 6.80. The van der Waals surface area contributed by atoms with Gasteiger partial charge < -0.3 is 4.42 Å².